The van der Waals surface area contributed by atoms with Gasteiger partial charge in [0.15, 0.2) is 0 Å². The van der Waals surface area contributed by atoms with Crippen LogP contribution in [-0.4, -0.2) is 47.5 Å². The first-order chi connectivity index (χ1) is 13.9. The van der Waals surface area contributed by atoms with E-state index in [9.17, 15) is 4.79 Å². The van der Waals surface area contributed by atoms with Gasteiger partial charge in [-0.2, -0.15) is 0 Å². The standard InChI is InChI=1S/C23H27ClN4O/c1-16-9-10-18(14-19(16)24)28-15-17(13-22(28)29)23-25-20-7-4-5-8-21(20)27(23)12-6-11-26(2)3/h4-5,7-10,14,17H,6,11-13,15H2,1-3H3/t17-/m1/s1. The second-order valence-electron chi connectivity index (χ2n) is 8.11. The highest BCUT2D eigenvalue weighted by Crippen LogP contribution is 2.34. The molecular weight excluding hydrogens is 384 g/mol. The molecule has 1 aliphatic rings. The zero-order chi connectivity index (χ0) is 20.5. The molecule has 1 atom stereocenters. The van der Waals surface area contributed by atoms with E-state index in [1.54, 1.807) is 0 Å². The van der Waals surface area contributed by atoms with Crippen molar-refractivity contribution in [2.75, 3.05) is 32.1 Å². The smallest absolute Gasteiger partial charge is 0.227 e. The van der Waals surface area contributed by atoms with Crippen LogP contribution in [-0.2, 0) is 11.3 Å². The number of fused-ring (bicyclic) bond motifs is 1. The molecule has 0 saturated carbocycles. The van der Waals surface area contributed by atoms with E-state index in [1.807, 2.05) is 36.1 Å². The van der Waals surface area contributed by atoms with E-state index in [0.717, 1.165) is 47.6 Å². The maximum absolute atomic E-state index is 12.8. The second kappa shape index (κ2) is 8.17. The molecule has 2 heterocycles. The number of carbonyl (C=O) groups is 1. The number of para-hydroxylation sites is 2. The molecule has 4 rings (SSSR count). The van der Waals surface area contributed by atoms with Gasteiger partial charge in [-0.1, -0.05) is 29.8 Å². The summed E-state index contributed by atoms with van der Waals surface area (Å²) >= 11 is 6.30. The molecule has 0 N–H and O–H groups in total. The van der Waals surface area contributed by atoms with Crippen LogP contribution in [0.1, 0.15) is 30.1 Å². The van der Waals surface area contributed by atoms with Crippen molar-refractivity contribution in [1.29, 1.82) is 0 Å². The third-order valence-electron chi connectivity index (χ3n) is 5.63. The molecule has 0 aliphatic carbocycles. The number of benzene rings is 2. The van der Waals surface area contributed by atoms with Gasteiger partial charge in [0.2, 0.25) is 5.91 Å². The van der Waals surface area contributed by atoms with Gasteiger partial charge < -0.3 is 14.4 Å². The molecule has 1 aromatic heterocycles. The minimum absolute atomic E-state index is 0.0781. The van der Waals surface area contributed by atoms with E-state index in [1.165, 1.54) is 0 Å². The predicted octanol–water partition coefficient (Wildman–Crippen LogP) is 4.47. The van der Waals surface area contributed by atoms with Gasteiger partial charge in [0, 0.05) is 36.1 Å². The fraction of sp³-hybridized carbons (Fsp3) is 0.391. The highest BCUT2D eigenvalue weighted by molar-refractivity contribution is 6.31. The number of hydrogen-bond acceptors (Lipinski definition) is 3. The van der Waals surface area contributed by atoms with Crippen LogP contribution < -0.4 is 4.90 Å². The molecule has 2 aromatic carbocycles. The van der Waals surface area contributed by atoms with Gasteiger partial charge in [-0.3, -0.25) is 4.79 Å². The summed E-state index contributed by atoms with van der Waals surface area (Å²) in [6, 6.07) is 14.1. The van der Waals surface area contributed by atoms with Crippen LogP contribution in [0.15, 0.2) is 42.5 Å². The van der Waals surface area contributed by atoms with E-state index in [-0.39, 0.29) is 11.8 Å². The molecule has 0 unspecified atom stereocenters. The molecule has 0 radical (unpaired) electrons. The van der Waals surface area contributed by atoms with Crippen molar-refractivity contribution < 1.29 is 4.79 Å². The van der Waals surface area contributed by atoms with E-state index >= 15 is 0 Å². The van der Waals surface area contributed by atoms with Crippen LogP contribution in [0.5, 0.6) is 0 Å². The maximum Gasteiger partial charge on any atom is 0.227 e. The molecule has 5 nitrogen and oxygen atoms in total. The SMILES string of the molecule is Cc1ccc(N2C[C@H](c3nc4ccccc4n3CCCN(C)C)CC2=O)cc1Cl. The average Bonchev–Trinajstić information content (AvgIpc) is 3.25. The first-order valence-corrected chi connectivity index (χ1v) is 10.5. The van der Waals surface area contributed by atoms with E-state index in [2.05, 4.69) is 41.8 Å². The fourth-order valence-electron chi connectivity index (χ4n) is 4.07. The Bertz CT molecular complexity index is 1040. The molecular formula is C23H27ClN4O. The van der Waals surface area contributed by atoms with Gasteiger partial charge in [0.25, 0.3) is 0 Å². The third kappa shape index (κ3) is 4.02. The number of nitrogens with zero attached hydrogens (tertiary/aromatic N) is 4. The van der Waals surface area contributed by atoms with Gasteiger partial charge in [-0.15, -0.1) is 0 Å². The van der Waals surface area contributed by atoms with Crippen molar-refractivity contribution in [3.63, 3.8) is 0 Å². The van der Waals surface area contributed by atoms with Crippen molar-refractivity contribution >= 4 is 34.2 Å². The summed E-state index contributed by atoms with van der Waals surface area (Å²) in [4.78, 5) is 21.8. The van der Waals surface area contributed by atoms with Gasteiger partial charge in [-0.25, -0.2) is 4.98 Å². The summed E-state index contributed by atoms with van der Waals surface area (Å²) in [6.07, 6.45) is 1.51. The number of halogens is 1. The van der Waals surface area contributed by atoms with Crippen molar-refractivity contribution in [3.8, 4) is 0 Å². The number of aromatic nitrogens is 2. The average molecular weight is 411 g/mol. The predicted molar refractivity (Wildman–Crippen MR) is 119 cm³/mol. The number of aryl methyl sites for hydroxylation is 2. The van der Waals surface area contributed by atoms with E-state index in [0.29, 0.717) is 18.0 Å². The largest absolute Gasteiger partial charge is 0.328 e. The summed E-state index contributed by atoms with van der Waals surface area (Å²) in [5, 5.41) is 0.690. The number of carbonyl (C=O) groups excluding carboxylic acids is 1. The highest BCUT2D eigenvalue weighted by atomic mass is 35.5. The number of rotatable bonds is 6. The van der Waals surface area contributed by atoms with E-state index < -0.39 is 0 Å². The lowest BCUT2D eigenvalue weighted by Gasteiger charge is -2.18. The minimum atomic E-state index is 0.0781. The zero-order valence-corrected chi connectivity index (χ0v) is 18.0. The first-order valence-electron chi connectivity index (χ1n) is 10.1. The normalized spacial score (nSPS) is 17.1. The lowest BCUT2D eigenvalue weighted by atomic mass is 10.1. The molecule has 6 heteroatoms. The molecule has 29 heavy (non-hydrogen) atoms. The maximum atomic E-state index is 12.8. The van der Waals surface area contributed by atoms with Gasteiger partial charge in [0.05, 0.1) is 11.0 Å². The summed E-state index contributed by atoms with van der Waals surface area (Å²) in [5.74, 6) is 1.22. The Balaban J connectivity index is 1.64. The molecule has 0 bridgehead atoms. The Kier molecular flexibility index (Phi) is 5.61. The fourth-order valence-corrected chi connectivity index (χ4v) is 4.24. The Morgan fingerprint density at radius 1 is 1.21 bits per heavy atom. The lowest BCUT2D eigenvalue weighted by molar-refractivity contribution is -0.117. The molecule has 1 aliphatic heterocycles. The summed E-state index contributed by atoms with van der Waals surface area (Å²) in [7, 11) is 4.18. The van der Waals surface area contributed by atoms with Crippen molar-refractivity contribution in [2.45, 2.75) is 32.2 Å². The van der Waals surface area contributed by atoms with Crippen LogP contribution in [0.2, 0.25) is 5.02 Å². The van der Waals surface area contributed by atoms with E-state index in [4.69, 9.17) is 16.6 Å². The molecule has 3 aromatic rings. The van der Waals surface area contributed by atoms with Crippen molar-refractivity contribution in [1.82, 2.24) is 14.5 Å². The Morgan fingerprint density at radius 3 is 2.76 bits per heavy atom. The Labute approximate surface area is 176 Å². The molecule has 1 amide bonds. The topological polar surface area (TPSA) is 41.4 Å². The zero-order valence-electron chi connectivity index (χ0n) is 17.2. The summed E-state index contributed by atoms with van der Waals surface area (Å²) in [5.41, 5.74) is 4.02. The summed E-state index contributed by atoms with van der Waals surface area (Å²) < 4.78 is 2.31. The molecule has 1 saturated heterocycles. The summed E-state index contributed by atoms with van der Waals surface area (Å²) in [6.45, 7) is 4.52. The van der Waals surface area contributed by atoms with Gasteiger partial charge in [0.1, 0.15) is 5.82 Å². The quantitative estimate of drug-likeness (QED) is 0.602. The van der Waals surface area contributed by atoms with Gasteiger partial charge in [-0.05, 0) is 63.8 Å². The lowest BCUT2D eigenvalue weighted by Crippen LogP contribution is -2.24. The van der Waals surface area contributed by atoms with Crippen LogP contribution in [0.25, 0.3) is 11.0 Å². The van der Waals surface area contributed by atoms with Crippen LogP contribution in [0, 0.1) is 6.92 Å². The minimum Gasteiger partial charge on any atom is -0.328 e. The number of hydrogen-bond donors (Lipinski definition) is 0. The first kappa shape index (κ1) is 19.9. The molecule has 152 valence electrons. The van der Waals surface area contributed by atoms with Crippen molar-refractivity contribution in [2.24, 2.45) is 0 Å². The molecule has 0 spiro atoms. The molecule has 1 fully saturated rings. The third-order valence-corrected chi connectivity index (χ3v) is 6.04. The number of imidazole rings is 1. The highest BCUT2D eigenvalue weighted by Gasteiger charge is 2.34. The number of anilines is 1. The van der Waals surface area contributed by atoms with Crippen molar-refractivity contribution in [3.05, 3.63) is 58.9 Å². The van der Waals surface area contributed by atoms with Crippen LogP contribution >= 0.6 is 11.6 Å². The van der Waals surface area contributed by atoms with Crippen LogP contribution in [0.3, 0.4) is 0 Å². The van der Waals surface area contributed by atoms with Crippen LogP contribution in [0.4, 0.5) is 5.69 Å². The number of amides is 1. The second-order valence-corrected chi connectivity index (χ2v) is 8.51. The Morgan fingerprint density at radius 2 is 2.00 bits per heavy atom. The van der Waals surface area contributed by atoms with Gasteiger partial charge >= 0.3 is 0 Å². The monoisotopic (exact) mass is 410 g/mol. The Hall–Kier alpha value is -2.37.